The van der Waals surface area contributed by atoms with Crippen molar-refractivity contribution in [2.24, 2.45) is 0 Å². The van der Waals surface area contributed by atoms with E-state index in [-0.39, 0.29) is 18.0 Å². The van der Waals surface area contributed by atoms with E-state index in [2.05, 4.69) is 0 Å². The summed E-state index contributed by atoms with van der Waals surface area (Å²) in [7, 11) is 0. The third-order valence-electron chi connectivity index (χ3n) is 2.47. The Morgan fingerprint density at radius 3 is 2.76 bits per heavy atom. The molecule has 1 aromatic carbocycles. The normalized spacial score (nSPS) is 10.5. The van der Waals surface area contributed by atoms with Gasteiger partial charge in [-0.15, -0.1) is 0 Å². The number of aliphatic hydroxyl groups is 1. The fourth-order valence-corrected chi connectivity index (χ4v) is 1.53. The highest BCUT2D eigenvalue weighted by Crippen LogP contribution is 2.19. The Bertz CT molecular complexity index is 498. The molecule has 0 radical (unpaired) electrons. The van der Waals surface area contributed by atoms with Gasteiger partial charge in [-0.05, 0) is 6.07 Å². The molecule has 0 unspecified atom stereocenters. The summed E-state index contributed by atoms with van der Waals surface area (Å²) in [5, 5.41) is 19.3. The van der Waals surface area contributed by atoms with E-state index in [1.54, 1.807) is 0 Å². The molecule has 7 nitrogen and oxygen atoms in total. The van der Waals surface area contributed by atoms with Crippen molar-refractivity contribution in [3.63, 3.8) is 0 Å². The number of nitro benzene ring substituents is 1. The Hall–Kier alpha value is -2.29. The molecule has 0 aliphatic carbocycles. The van der Waals surface area contributed by atoms with Gasteiger partial charge in [-0.3, -0.25) is 14.9 Å². The molecule has 0 heterocycles. The standard InChI is InChI=1S/C12H14F2N2O5/c13-11(14)7-15(4-5-17)12(18)8-21-10-3-1-2-9(6-10)16(19)20/h1-3,6,11,17H,4-5,7-8H2. The molecule has 0 aliphatic rings. The van der Waals surface area contributed by atoms with E-state index < -0.39 is 37.0 Å². The predicted octanol–water partition coefficient (Wildman–Crippen LogP) is 1.06. The molecule has 1 amide bonds. The maximum atomic E-state index is 12.3. The molecule has 9 heteroatoms. The maximum absolute atomic E-state index is 12.3. The molecule has 1 aromatic rings. The van der Waals surface area contributed by atoms with Gasteiger partial charge in [0.05, 0.1) is 24.1 Å². The van der Waals surface area contributed by atoms with Gasteiger partial charge in [-0.25, -0.2) is 8.78 Å². The number of hydrogen-bond acceptors (Lipinski definition) is 5. The lowest BCUT2D eigenvalue weighted by Crippen LogP contribution is -2.40. The number of halogens is 2. The van der Waals surface area contributed by atoms with Gasteiger partial charge in [0, 0.05) is 12.6 Å². The van der Waals surface area contributed by atoms with Crippen molar-refractivity contribution < 1.29 is 28.3 Å². The number of benzene rings is 1. The van der Waals surface area contributed by atoms with Crippen molar-refractivity contribution in [1.29, 1.82) is 0 Å². The van der Waals surface area contributed by atoms with Crippen LogP contribution in [0.4, 0.5) is 14.5 Å². The van der Waals surface area contributed by atoms with Crippen LogP contribution in [0.2, 0.25) is 0 Å². The second kappa shape index (κ2) is 8.10. The molecule has 0 bridgehead atoms. The number of aliphatic hydroxyl groups excluding tert-OH is 1. The molecule has 1 N–H and O–H groups in total. The number of carbonyl (C=O) groups excluding carboxylic acids is 1. The van der Waals surface area contributed by atoms with Crippen molar-refractivity contribution >= 4 is 11.6 Å². The van der Waals surface area contributed by atoms with Crippen LogP contribution in [0.25, 0.3) is 0 Å². The predicted molar refractivity (Wildman–Crippen MR) is 68.3 cm³/mol. The Kier molecular flexibility index (Phi) is 6.47. The van der Waals surface area contributed by atoms with Crippen molar-refractivity contribution in [1.82, 2.24) is 4.90 Å². The van der Waals surface area contributed by atoms with Crippen LogP contribution in [0.15, 0.2) is 24.3 Å². The molecular formula is C12H14F2N2O5. The van der Waals surface area contributed by atoms with Crippen LogP contribution >= 0.6 is 0 Å². The van der Waals surface area contributed by atoms with Crippen LogP contribution in [0.1, 0.15) is 0 Å². The van der Waals surface area contributed by atoms with Crippen molar-refractivity contribution in [3.8, 4) is 5.75 Å². The Morgan fingerprint density at radius 1 is 1.48 bits per heavy atom. The van der Waals surface area contributed by atoms with E-state index in [9.17, 15) is 23.7 Å². The number of amides is 1. The highest BCUT2D eigenvalue weighted by Gasteiger charge is 2.18. The highest BCUT2D eigenvalue weighted by atomic mass is 19.3. The zero-order chi connectivity index (χ0) is 15.8. The van der Waals surface area contributed by atoms with Crippen LogP contribution in [-0.4, -0.2) is 53.6 Å². The number of nitro groups is 1. The lowest BCUT2D eigenvalue weighted by molar-refractivity contribution is -0.384. The fourth-order valence-electron chi connectivity index (χ4n) is 1.53. The Morgan fingerprint density at radius 2 is 2.19 bits per heavy atom. The largest absolute Gasteiger partial charge is 0.484 e. The number of carbonyl (C=O) groups is 1. The number of hydrogen-bond donors (Lipinski definition) is 1. The van der Waals surface area contributed by atoms with Gasteiger partial charge >= 0.3 is 0 Å². The van der Waals surface area contributed by atoms with Gasteiger partial charge in [-0.2, -0.15) is 0 Å². The summed E-state index contributed by atoms with van der Waals surface area (Å²) < 4.78 is 29.6. The smallest absolute Gasteiger partial charge is 0.273 e. The molecule has 0 spiro atoms. The van der Waals surface area contributed by atoms with Gasteiger partial charge in [0.25, 0.3) is 18.0 Å². The van der Waals surface area contributed by atoms with E-state index in [1.807, 2.05) is 0 Å². The van der Waals surface area contributed by atoms with E-state index >= 15 is 0 Å². The minimum absolute atomic E-state index is 0.0820. The molecule has 21 heavy (non-hydrogen) atoms. The van der Waals surface area contributed by atoms with Crippen molar-refractivity contribution in [2.45, 2.75) is 6.43 Å². The molecule has 0 saturated carbocycles. The summed E-state index contributed by atoms with van der Waals surface area (Å²) in [6, 6.07) is 5.16. The molecule has 0 atom stereocenters. The van der Waals surface area contributed by atoms with Crippen molar-refractivity contribution in [3.05, 3.63) is 34.4 Å². The van der Waals surface area contributed by atoms with Gasteiger partial charge < -0.3 is 14.7 Å². The van der Waals surface area contributed by atoms with Gasteiger partial charge in [0.15, 0.2) is 6.61 Å². The van der Waals surface area contributed by atoms with Crippen LogP contribution in [-0.2, 0) is 4.79 Å². The summed E-state index contributed by atoms with van der Waals surface area (Å²) in [5.74, 6) is -0.658. The topological polar surface area (TPSA) is 92.9 Å². The molecule has 0 fully saturated rings. The molecular weight excluding hydrogens is 290 g/mol. The number of ether oxygens (including phenoxy) is 1. The van der Waals surface area contributed by atoms with E-state index in [1.165, 1.54) is 18.2 Å². The molecule has 0 saturated heterocycles. The second-order valence-corrected chi connectivity index (χ2v) is 4.00. The van der Waals surface area contributed by atoms with Crippen LogP contribution in [0.5, 0.6) is 5.75 Å². The second-order valence-electron chi connectivity index (χ2n) is 4.00. The molecule has 0 aromatic heterocycles. The first-order valence-electron chi connectivity index (χ1n) is 5.98. The van der Waals surface area contributed by atoms with Crippen molar-refractivity contribution in [2.75, 3.05) is 26.3 Å². The number of alkyl halides is 2. The molecule has 1 rings (SSSR count). The van der Waals surface area contributed by atoms with E-state index in [0.717, 1.165) is 11.0 Å². The zero-order valence-corrected chi connectivity index (χ0v) is 10.9. The third-order valence-corrected chi connectivity index (χ3v) is 2.47. The zero-order valence-electron chi connectivity index (χ0n) is 10.9. The fraction of sp³-hybridized carbons (Fsp3) is 0.417. The maximum Gasteiger partial charge on any atom is 0.273 e. The summed E-state index contributed by atoms with van der Waals surface area (Å²) >= 11 is 0. The SMILES string of the molecule is O=C(COc1cccc([N+](=O)[O-])c1)N(CCO)CC(F)F. The average Bonchev–Trinajstić information content (AvgIpc) is 2.44. The Labute approximate surface area is 118 Å². The molecule has 0 aliphatic heterocycles. The van der Waals surface area contributed by atoms with E-state index in [4.69, 9.17) is 9.84 Å². The summed E-state index contributed by atoms with van der Waals surface area (Å²) in [6.07, 6.45) is -2.72. The first-order valence-corrected chi connectivity index (χ1v) is 5.98. The lowest BCUT2D eigenvalue weighted by atomic mass is 10.3. The quantitative estimate of drug-likeness (QED) is 0.572. The summed E-state index contributed by atoms with van der Waals surface area (Å²) in [4.78, 5) is 22.4. The number of nitrogens with zero attached hydrogens (tertiary/aromatic N) is 2. The van der Waals surface area contributed by atoms with Crippen LogP contribution in [0.3, 0.4) is 0 Å². The highest BCUT2D eigenvalue weighted by molar-refractivity contribution is 5.77. The van der Waals surface area contributed by atoms with Gasteiger partial charge in [0.1, 0.15) is 5.75 Å². The average molecular weight is 304 g/mol. The number of rotatable bonds is 8. The summed E-state index contributed by atoms with van der Waals surface area (Å²) in [5.41, 5.74) is -0.209. The Balaban J connectivity index is 2.61. The third kappa shape index (κ3) is 5.69. The number of non-ortho nitro benzene ring substituents is 1. The van der Waals surface area contributed by atoms with Gasteiger partial charge in [-0.1, -0.05) is 6.07 Å². The summed E-state index contributed by atoms with van der Waals surface area (Å²) in [6.45, 7) is -2.04. The first kappa shape index (κ1) is 16.8. The minimum atomic E-state index is -2.72. The lowest BCUT2D eigenvalue weighted by Gasteiger charge is -2.21. The van der Waals surface area contributed by atoms with Crippen LogP contribution < -0.4 is 4.74 Å². The minimum Gasteiger partial charge on any atom is -0.484 e. The van der Waals surface area contributed by atoms with Gasteiger partial charge in [0.2, 0.25) is 0 Å². The first-order chi connectivity index (χ1) is 9.93. The monoisotopic (exact) mass is 304 g/mol. The van der Waals surface area contributed by atoms with Crippen LogP contribution in [0, 0.1) is 10.1 Å². The molecule has 116 valence electrons. The van der Waals surface area contributed by atoms with E-state index in [0.29, 0.717) is 0 Å².